The molecule has 1 aromatic heterocycles. The molecule has 6 rings (SSSR count). The fourth-order valence-electron chi connectivity index (χ4n) is 4.99. The minimum Gasteiger partial charge on any atom is -0.451 e. The molecule has 3 heterocycles. The molecule has 8 nitrogen and oxygen atoms in total. The van der Waals surface area contributed by atoms with Gasteiger partial charge in [-0.2, -0.15) is 5.26 Å². The number of fused-ring (bicyclic) bond motifs is 2. The second-order valence-corrected chi connectivity index (χ2v) is 9.64. The molecule has 39 heavy (non-hydrogen) atoms. The van der Waals surface area contributed by atoms with E-state index < -0.39 is 0 Å². The third-order valence-corrected chi connectivity index (χ3v) is 7.14. The number of anilines is 2. The summed E-state index contributed by atoms with van der Waals surface area (Å²) in [5.41, 5.74) is 5.95. The third kappa shape index (κ3) is 5.07. The quantitative estimate of drug-likeness (QED) is 0.387. The molecule has 0 bridgehead atoms. The molecule has 0 unspecified atom stereocenters. The number of hydrogen-bond acceptors (Lipinski definition) is 6. The minimum atomic E-state index is -0.298. The van der Waals surface area contributed by atoms with Gasteiger partial charge in [0.25, 0.3) is 5.91 Å². The van der Waals surface area contributed by atoms with E-state index in [0.29, 0.717) is 49.7 Å². The van der Waals surface area contributed by atoms with Crippen molar-refractivity contribution in [1.82, 2.24) is 4.90 Å². The molecule has 2 amide bonds. The van der Waals surface area contributed by atoms with Crippen molar-refractivity contribution in [2.75, 3.05) is 36.4 Å². The van der Waals surface area contributed by atoms with Crippen LogP contribution in [0.5, 0.6) is 0 Å². The zero-order valence-corrected chi connectivity index (χ0v) is 21.2. The summed E-state index contributed by atoms with van der Waals surface area (Å²) in [6.07, 6.45) is 0.247. The number of piperazine rings is 1. The normalized spacial score (nSPS) is 14.5. The summed E-state index contributed by atoms with van der Waals surface area (Å²) in [5, 5.41) is 12.0. The Labute approximate surface area is 226 Å². The van der Waals surface area contributed by atoms with E-state index in [9.17, 15) is 9.59 Å². The van der Waals surface area contributed by atoms with E-state index in [1.54, 1.807) is 17.0 Å². The van der Waals surface area contributed by atoms with E-state index >= 15 is 0 Å². The smallest absolute Gasteiger partial charge is 0.410 e. The molecule has 1 fully saturated rings. The maximum Gasteiger partial charge on any atom is 0.410 e. The van der Waals surface area contributed by atoms with E-state index in [2.05, 4.69) is 22.4 Å². The van der Waals surface area contributed by atoms with Gasteiger partial charge in [0.15, 0.2) is 5.76 Å². The maximum atomic E-state index is 12.9. The van der Waals surface area contributed by atoms with Gasteiger partial charge in [-0.15, -0.1) is 0 Å². The zero-order chi connectivity index (χ0) is 26.8. The number of hydrogen-bond donors (Lipinski definition) is 1. The summed E-state index contributed by atoms with van der Waals surface area (Å²) in [6, 6.07) is 26.8. The van der Waals surface area contributed by atoms with Gasteiger partial charge in [0, 0.05) is 55.1 Å². The summed E-state index contributed by atoms with van der Waals surface area (Å²) < 4.78 is 11.5. The Kier molecular flexibility index (Phi) is 6.47. The molecule has 0 atom stereocenters. The van der Waals surface area contributed by atoms with Crippen LogP contribution in [-0.2, 0) is 17.8 Å². The number of carbonyl (C=O) groups excluding carboxylic acids is 2. The Bertz CT molecular complexity index is 1560. The van der Waals surface area contributed by atoms with Crippen molar-refractivity contribution >= 4 is 23.4 Å². The van der Waals surface area contributed by atoms with Crippen LogP contribution in [0, 0.1) is 11.3 Å². The molecule has 0 spiro atoms. The second-order valence-electron chi connectivity index (χ2n) is 9.64. The number of nitriles is 1. The number of nitrogens with zero attached hydrogens (tertiary/aromatic N) is 3. The van der Waals surface area contributed by atoms with Crippen LogP contribution in [0.15, 0.2) is 83.3 Å². The highest BCUT2D eigenvalue weighted by Gasteiger charge is 2.27. The van der Waals surface area contributed by atoms with Crippen LogP contribution in [0.2, 0.25) is 0 Å². The zero-order valence-electron chi connectivity index (χ0n) is 21.2. The highest BCUT2D eigenvalue weighted by atomic mass is 16.6. The lowest BCUT2D eigenvalue weighted by molar-refractivity contribution is 0.0941. The molecule has 3 aromatic carbocycles. The van der Waals surface area contributed by atoms with E-state index in [1.165, 1.54) is 0 Å². The van der Waals surface area contributed by atoms with Crippen LogP contribution in [0.4, 0.5) is 16.2 Å². The lowest BCUT2D eigenvalue weighted by Gasteiger charge is -2.35. The lowest BCUT2D eigenvalue weighted by Crippen LogP contribution is -2.49. The number of benzene rings is 3. The largest absolute Gasteiger partial charge is 0.451 e. The van der Waals surface area contributed by atoms with Crippen LogP contribution < -0.4 is 10.2 Å². The molecule has 2 aliphatic rings. The average molecular weight is 519 g/mol. The van der Waals surface area contributed by atoms with Gasteiger partial charge in [0.2, 0.25) is 0 Å². The fourth-order valence-corrected chi connectivity index (χ4v) is 4.99. The maximum absolute atomic E-state index is 12.9. The molecule has 0 radical (unpaired) electrons. The number of rotatable bonds is 4. The summed E-state index contributed by atoms with van der Waals surface area (Å²) in [5.74, 6) is 0.614. The minimum absolute atomic E-state index is 0.263. The highest BCUT2D eigenvalue weighted by molar-refractivity contribution is 6.05. The number of furan rings is 1. The molecular weight excluding hydrogens is 492 g/mol. The lowest BCUT2D eigenvalue weighted by atomic mass is 10.0. The van der Waals surface area contributed by atoms with Crippen molar-refractivity contribution in [2.24, 2.45) is 0 Å². The number of nitrogens with one attached hydrogen (secondary N) is 1. The van der Waals surface area contributed by atoms with E-state index in [-0.39, 0.29) is 18.6 Å². The molecule has 0 aliphatic carbocycles. The van der Waals surface area contributed by atoms with E-state index in [4.69, 9.17) is 14.4 Å². The van der Waals surface area contributed by atoms with Crippen molar-refractivity contribution in [1.29, 1.82) is 5.26 Å². The van der Waals surface area contributed by atoms with Crippen LogP contribution in [-0.4, -0.2) is 43.1 Å². The SMILES string of the molecule is N#Cc1ccc(-c2cc3c(o2)C(=O)Nc2ccc(N4CCN(C(=O)OCc5ccccc5)CC4)cc2C3)cc1. The van der Waals surface area contributed by atoms with Gasteiger partial charge in [-0.25, -0.2) is 4.79 Å². The van der Waals surface area contributed by atoms with Crippen molar-refractivity contribution < 1.29 is 18.7 Å². The first kappa shape index (κ1) is 24.3. The highest BCUT2D eigenvalue weighted by Crippen LogP contribution is 2.34. The Balaban J connectivity index is 1.13. The molecule has 194 valence electrons. The topological polar surface area (TPSA) is 98.8 Å². The van der Waals surface area contributed by atoms with Gasteiger partial charge in [-0.3, -0.25) is 4.79 Å². The first-order valence-electron chi connectivity index (χ1n) is 12.9. The Hall–Kier alpha value is -5.03. The van der Waals surface area contributed by atoms with Crippen molar-refractivity contribution in [3.05, 3.63) is 107 Å². The van der Waals surface area contributed by atoms with Gasteiger partial charge in [-0.05, 0) is 59.7 Å². The van der Waals surface area contributed by atoms with Crippen LogP contribution >= 0.6 is 0 Å². The van der Waals surface area contributed by atoms with Gasteiger partial charge in [-0.1, -0.05) is 30.3 Å². The summed E-state index contributed by atoms with van der Waals surface area (Å²) >= 11 is 0. The van der Waals surface area contributed by atoms with Gasteiger partial charge in [0.05, 0.1) is 11.6 Å². The van der Waals surface area contributed by atoms with Gasteiger partial charge < -0.3 is 24.3 Å². The van der Waals surface area contributed by atoms with Gasteiger partial charge in [0.1, 0.15) is 12.4 Å². The Morgan fingerprint density at radius 3 is 2.46 bits per heavy atom. The van der Waals surface area contributed by atoms with Crippen molar-refractivity contribution in [3.8, 4) is 17.4 Å². The Morgan fingerprint density at radius 1 is 0.949 bits per heavy atom. The van der Waals surface area contributed by atoms with Gasteiger partial charge >= 0.3 is 6.09 Å². The summed E-state index contributed by atoms with van der Waals surface area (Å²) in [6.45, 7) is 2.78. The number of ether oxygens (including phenoxy) is 1. The Morgan fingerprint density at radius 2 is 1.72 bits per heavy atom. The number of carbonyl (C=O) groups is 2. The predicted molar refractivity (Wildman–Crippen MR) is 146 cm³/mol. The molecule has 0 saturated carbocycles. The van der Waals surface area contributed by atoms with Crippen molar-refractivity contribution in [3.63, 3.8) is 0 Å². The third-order valence-electron chi connectivity index (χ3n) is 7.14. The molecule has 1 N–H and O–H groups in total. The standard InChI is InChI=1S/C31H26N4O4/c32-19-21-6-8-23(9-7-21)28-18-25-16-24-17-26(10-11-27(24)33-30(36)29(25)39-28)34-12-14-35(15-13-34)31(37)38-20-22-4-2-1-3-5-22/h1-11,17-18H,12-16,20H2,(H,33,36). The average Bonchev–Trinajstić information content (AvgIpc) is 3.36. The summed E-state index contributed by atoms with van der Waals surface area (Å²) in [4.78, 5) is 29.5. The number of amides is 2. The molecule has 8 heteroatoms. The van der Waals surface area contributed by atoms with Crippen LogP contribution in [0.1, 0.15) is 32.8 Å². The summed E-state index contributed by atoms with van der Waals surface area (Å²) in [7, 11) is 0. The molecule has 2 aliphatic heterocycles. The first-order chi connectivity index (χ1) is 19.1. The predicted octanol–water partition coefficient (Wildman–Crippen LogP) is 5.43. The molecule has 4 aromatic rings. The monoisotopic (exact) mass is 518 g/mol. The first-order valence-corrected chi connectivity index (χ1v) is 12.9. The molecule has 1 saturated heterocycles. The second kappa shape index (κ2) is 10.4. The van der Waals surface area contributed by atoms with E-state index in [1.807, 2.05) is 60.7 Å². The van der Waals surface area contributed by atoms with Crippen LogP contribution in [0.3, 0.4) is 0 Å². The fraction of sp³-hybridized carbons (Fsp3) is 0.194. The molecular formula is C31H26N4O4. The van der Waals surface area contributed by atoms with Crippen LogP contribution in [0.25, 0.3) is 11.3 Å². The van der Waals surface area contributed by atoms with E-state index in [0.717, 1.165) is 33.6 Å². The van der Waals surface area contributed by atoms with Crippen molar-refractivity contribution in [2.45, 2.75) is 13.0 Å².